The fourth-order valence-electron chi connectivity index (χ4n) is 2.59. The molecule has 0 aliphatic carbocycles. The fourth-order valence-corrected chi connectivity index (χ4v) is 3.78. The maximum atomic E-state index is 12.6. The van der Waals surface area contributed by atoms with E-state index < -0.39 is 5.97 Å². The van der Waals surface area contributed by atoms with Crippen LogP contribution in [0, 0.1) is 0 Å². The highest BCUT2D eigenvalue weighted by Gasteiger charge is 2.30. The number of carbonyl (C=O) groups excluding carboxylic acids is 1. The number of rotatable bonds is 5. The van der Waals surface area contributed by atoms with Crippen LogP contribution in [0.5, 0.6) is 11.5 Å². The van der Waals surface area contributed by atoms with Crippen LogP contribution >= 0.6 is 23.4 Å². The molecular weight excluding hydrogens is 416 g/mol. The summed E-state index contributed by atoms with van der Waals surface area (Å²) in [6.07, 6.45) is 1.66. The average molecular weight is 433 g/mol. The lowest BCUT2D eigenvalue weighted by Crippen LogP contribution is -2.23. The summed E-state index contributed by atoms with van der Waals surface area (Å²) in [6.45, 7) is 0. The number of likely N-dealkylation sites (N-methyl/N-ethyl adjacent to an activating group) is 1. The number of carboxylic acids is 1. The largest absolute Gasteiger partial charge is 0.493 e. The minimum Gasteiger partial charge on any atom is -0.493 e. The summed E-state index contributed by atoms with van der Waals surface area (Å²) in [5, 5.41) is 9.96. The van der Waals surface area contributed by atoms with Crippen LogP contribution in [0.2, 0.25) is 5.02 Å². The van der Waals surface area contributed by atoms with Gasteiger partial charge >= 0.3 is 5.97 Å². The van der Waals surface area contributed by atoms with Crippen LogP contribution in [0.4, 0.5) is 5.69 Å². The standard InChI is InChI=1S/C20H17ClN2O5S/c1-23-18(24)17(9-12-8-15(27-2)16(28-3)10-14(12)21)29-20(23)22-13-6-4-5-11(7-13)19(25)26/h4-10H,1-3H3,(H,25,26)/b17-9-,22-20+. The van der Waals surface area contributed by atoms with Crippen LogP contribution in [0.3, 0.4) is 0 Å². The lowest BCUT2D eigenvalue weighted by molar-refractivity contribution is -0.121. The zero-order chi connectivity index (χ0) is 21.1. The van der Waals surface area contributed by atoms with Gasteiger partial charge in [-0.2, -0.15) is 0 Å². The summed E-state index contributed by atoms with van der Waals surface area (Å²) in [5.74, 6) is -0.303. The first kappa shape index (κ1) is 20.8. The molecule has 1 aliphatic rings. The van der Waals surface area contributed by atoms with Crippen molar-refractivity contribution in [2.45, 2.75) is 0 Å². The average Bonchev–Trinajstić information content (AvgIpc) is 2.97. The second-order valence-electron chi connectivity index (χ2n) is 5.95. The lowest BCUT2D eigenvalue weighted by atomic mass is 10.1. The van der Waals surface area contributed by atoms with Gasteiger partial charge in [0, 0.05) is 13.1 Å². The predicted molar refractivity (Wildman–Crippen MR) is 113 cm³/mol. The molecule has 1 fully saturated rings. The molecule has 29 heavy (non-hydrogen) atoms. The van der Waals surface area contributed by atoms with Gasteiger partial charge < -0.3 is 14.6 Å². The Morgan fingerprint density at radius 2 is 1.90 bits per heavy atom. The van der Waals surface area contributed by atoms with Crippen molar-refractivity contribution in [2.24, 2.45) is 4.99 Å². The van der Waals surface area contributed by atoms with Gasteiger partial charge in [0.05, 0.1) is 35.4 Å². The number of hydrogen-bond acceptors (Lipinski definition) is 6. The van der Waals surface area contributed by atoms with Crippen molar-refractivity contribution in [3.05, 3.63) is 57.5 Å². The van der Waals surface area contributed by atoms with E-state index in [9.17, 15) is 9.59 Å². The molecule has 1 saturated heterocycles. The number of ether oxygens (including phenoxy) is 2. The molecule has 2 aromatic rings. The Hall–Kier alpha value is -2.97. The third kappa shape index (κ3) is 4.38. The molecule has 3 rings (SSSR count). The van der Waals surface area contributed by atoms with E-state index in [1.165, 1.54) is 43.0 Å². The molecule has 2 aromatic carbocycles. The second kappa shape index (κ2) is 8.59. The Morgan fingerprint density at radius 1 is 1.21 bits per heavy atom. The Labute approximate surface area is 176 Å². The molecule has 150 valence electrons. The first-order valence-electron chi connectivity index (χ1n) is 8.35. The third-order valence-electron chi connectivity index (χ3n) is 4.11. The number of aromatic carboxylic acids is 1. The van der Waals surface area contributed by atoms with Crippen LogP contribution in [-0.2, 0) is 4.79 Å². The number of halogens is 1. The van der Waals surface area contributed by atoms with Crippen molar-refractivity contribution in [1.29, 1.82) is 0 Å². The molecule has 0 radical (unpaired) electrons. The summed E-state index contributed by atoms with van der Waals surface area (Å²) in [5.41, 5.74) is 1.16. The molecule has 1 heterocycles. The molecule has 1 amide bonds. The van der Waals surface area contributed by atoms with E-state index in [1.807, 2.05) is 0 Å². The van der Waals surface area contributed by atoms with Gasteiger partial charge in [-0.15, -0.1) is 0 Å². The van der Waals surface area contributed by atoms with E-state index in [4.69, 9.17) is 26.2 Å². The van der Waals surface area contributed by atoms with Gasteiger partial charge in [-0.1, -0.05) is 17.7 Å². The molecule has 0 atom stereocenters. The summed E-state index contributed by atoms with van der Waals surface area (Å²) in [7, 11) is 4.63. The monoisotopic (exact) mass is 432 g/mol. The number of amides is 1. The SMILES string of the molecule is COc1cc(Cl)c(/C=C2\S/C(=N/c3cccc(C(=O)O)c3)N(C)C2=O)cc1OC. The third-order valence-corrected chi connectivity index (χ3v) is 5.50. The molecule has 1 aliphatic heterocycles. The molecule has 0 aromatic heterocycles. The fraction of sp³-hybridized carbons (Fsp3) is 0.150. The molecular formula is C20H17ClN2O5S. The first-order chi connectivity index (χ1) is 13.8. The number of amidine groups is 1. The Kier molecular flexibility index (Phi) is 6.14. The summed E-state index contributed by atoms with van der Waals surface area (Å²) < 4.78 is 10.5. The normalized spacial score (nSPS) is 16.6. The molecule has 0 unspecified atom stereocenters. The van der Waals surface area contributed by atoms with Gasteiger partial charge in [0.2, 0.25) is 0 Å². The van der Waals surface area contributed by atoms with Crippen LogP contribution in [0.15, 0.2) is 46.3 Å². The van der Waals surface area contributed by atoms with Crippen LogP contribution in [0.1, 0.15) is 15.9 Å². The number of hydrogen-bond donors (Lipinski definition) is 1. The van der Waals surface area contributed by atoms with Gasteiger partial charge in [-0.3, -0.25) is 9.69 Å². The van der Waals surface area contributed by atoms with Gasteiger partial charge in [-0.05, 0) is 47.7 Å². The van der Waals surface area contributed by atoms with Crippen molar-refractivity contribution in [3.8, 4) is 11.5 Å². The van der Waals surface area contributed by atoms with E-state index >= 15 is 0 Å². The highest BCUT2D eigenvalue weighted by molar-refractivity contribution is 8.18. The summed E-state index contributed by atoms with van der Waals surface area (Å²) >= 11 is 7.48. The number of nitrogens with zero attached hydrogens (tertiary/aromatic N) is 2. The van der Waals surface area contributed by atoms with E-state index in [-0.39, 0.29) is 11.5 Å². The highest BCUT2D eigenvalue weighted by atomic mass is 35.5. The van der Waals surface area contributed by atoms with Gasteiger partial charge in [0.15, 0.2) is 16.7 Å². The van der Waals surface area contributed by atoms with Crippen molar-refractivity contribution in [3.63, 3.8) is 0 Å². The maximum Gasteiger partial charge on any atom is 0.335 e. The second-order valence-corrected chi connectivity index (χ2v) is 7.37. The summed E-state index contributed by atoms with van der Waals surface area (Å²) in [6, 6.07) is 9.50. The number of benzene rings is 2. The van der Waals surface area contributed by atoms with Gasteiger partial charge in [0.25, 0.3) is 5.91 Å². The lowest BCUT2D eigenvalue weighted by Gasteiger charge is -2.10. The highest BCUT2D eigenvalue weighted by Crippen LogP contribution is 2.38. The molecule has 0 saturated carbocycles. The van der Waals surface area contributed by atoms with Crippen LogP contribution in [0.25, 0.3) is 6.08 Å². The number of methoxy groups -OCH3 is 2. The minimum absolute atomic E-state index is 0.122. The van der Waals surface area contributed by atoms with Crippen molar-refractivity contribution >= 4 is 52.2 Å². The Bertz CT molecular complexity index is 1050. The van der Waals surface area contributed by atoms with Crippen LogP contribution < -0.4 is 9.47 Å². The predicted octanol–water partition coefficient (Wildman–Crippen LogP) is 4.29. The Morgan fingerprint density at radius 3 is 2.55 bits per heavy atom. The number of carbonyl (C=O) groups is 2. The maximum absolute atomic E-state index is 12.6. The summed E-state index contributed by atoms with van der Waals surface area (Å²) in [4.78, 5) is 30.0. The van der Waals surface area contributed by atoms with E-state index in [0.29, 0.717) is 37.8 Å². The molecule has 0 bridgehead atoms. The van der Waals surface area contributed by atoms with E-state index in [0.717, 1.165) is 0 Å². The number of aliphatic imine (C=N–C) groups is 1. The van der Waals surface area contributed by atoms with Crippen molar-refractivity contribution < 1.29 is 24.2 Å². The smallest absolute Gasteiger partial charge is 0.335 e. The van der Waals surface area contributed by atoms with Crippen LogP contribution in [-0.4, -0.2) is 48.3 Å². The molecule has 0 spiro atoms. The minimum atomic E-state index is -1.04. The van der Waals surface area contributed by atoms with Crippen molar-refractivity contribution in [2.75, 3.05) is 21.3 Å². The zero-order valence-corrected chi connectivity index (χ0v) is 17.4. The van der Waals surface area contributed by atoms with Gasteiger partial charge in [-0.25, -0.2) is 9.79 Å². The molecule has 7 nitrogen and oxygen atoms in total. The zero-order valence-electron chi connectivity index (χ0n) is 15.8. The number of thioether (sulfide) groups is 1. The van der Waals surface area contributed by atoms with E-state index in [1.54, 1.807) is 37.4 Å². The van der Waals surface area contributed by atoms with E-state index in [2.05, 4.69) is 4.99 Å². The topological polar surface area (TPSA) is 88.4 Å². The number of carboxylic acid groups (broad SMARTS) is 1. The Balaban J connectivity index is 1.95. The van der Waals surface area contributed by atoms with Crippen molar-refractivity contribution in [1.82, 2.24) is 4.90 Å². The first-order valence-corrected chi connectivity index (χ1v) is 9.54. The molecule has 9 heteroatoms. The van der Waals surface area contributed by atoms with Gasteiger partial charge in [0.1, 0.15) is 0 Å². The molecule has 1 N–H and O–H groups in total. The quantitative estimate of drug-likeness (QED) is 0.709.